The lowest BCUT2D eigenvalue weighted by atomic mass is 10.1. The highest BCUT2D eigenvalue weighted by atomic mass is 32.1. The van der Waals surface area contributed by atoms with Crippen LogP contribution < -0.4 is 9.47 Å². The van der Waals surface area contributed by atoms with Gasteiger partial charge in [-0.15, -0.1) is 11.3 Å². The van der Waals surface area contributed by atoms with Crippen LogP contribution in [0.5, 0.6) is 11.5 Å². The third-order valence-electron chi connectivity index (χ3n) is 3.04. The molecule has 0 radical (unpaired) electrons. The van der Waals surface area contributed by atoms with E-state index in [0.717, 1.165) is 16.3 Å². The molecular formula is C18H20N2O2S. The number of nitriles is 1. The lowest BCUT2D eigenvalue weighted by Gasteiger charge is -2.12. The minimum atomic E-state index is 0.442. The standard InChI is InChI=1S/C18H20N2O2S/c1-12(2)10-22-16-6-5-14(8-17(16)21-4)7-15(9-19)18-20-13(3)11-23-18/h5-8,11-12H,10H2,1-4H3. The zero-order chi connectivity index (χ0) is 16.8. The van der Waals surface area contributed by atoms with Gasteiger partial charge in [-0.1, -0.05) is 19.9 Å². The van der Waals surface area contributed by atoms with Crippen LogP contribution in [0.4, 0.5) is 0 Å². The van der Waals surface area contributed by atoms with E-state index in [9.17, 15) is 5.26 Å². The van der Waals surface area contributed by atoms with E-state index in [1.807, 2.05) is 36.6 Å². The highest BCUT2D eigenvalue weighted by molar-refractivity contribution is 7.11. The van der Waals surface area contributed by atoms with Crippen molar-refractivity contribution < 1.29 is 9.47 Å². The van der Waals surface area contributed by atoms with Crippen LogP contribution in [0, 0.1) is 24.2 Å². The van der Waals surface area contributed by atoms with Crippen LogP contribution >= 0.6 is 11.3 Å². The van der Waals surface area contributed by atoms with Gasteiger partial charge in [0.15, 0.2) is 11.5 Å². The third-order valence-corrected chi connectivity index (χ3v) is 4.03. The molecular weight excluding hydrogens is 308 g/mol. The molecule has 0 aliphatic rings. The Morgan fingerprint density at radius 1 is 1.39 bits per heavy atom. The molecule has 2 aromatic rings. The number of methoxy groups -OCH3 is 1. The summed E-state index contributed by atoms with van der Waals surface area (Å²) in [6.45, 7) is 6.74. The van der Waals surface area contributed by atoms with E-state index in [1.165, 1.54) is 11.3 Å². The predicted octanol–water partition coefficient (Wildman–Crippen LogP) is 4.56. The largest absolute Gasteiger partial charge is 0.493 e. The van der Waals surface area contributed by atoms with E-state index in [0.29, 0.717) is 29.6 Å². The molecule has 0 aliphatic carbocycles. The number of aryl methyl sites for hydroxylation is 1. The number of benzene rings is 1. The summed E-state index contributed by atoms with van der Waals surface area (Å²) in [4.78, 5) is 4.36. The number of hydrogen-bond donors (Lipinski definition) is 0. The van der Waals surface area contributed by atoms with Crippen molar-refractivity contribution in [2.24, 2.45) is 5.92 Å². The van der Waals surface area contributed by atoms with E-state index < -0.39 is 0 Å². The minimum absolute atomic E-state index is 0.442. The fraction of sp³-hybridized carbons (Fsp3) is 0.333. The Balaban J connectivity index is 2.29. The minimum Gasteiger partial charge on any atom is -0.493 e. The number of ether oxygens (including phenoxy) is 2. The summed E-state index contributed by atoms with van der Waals surface area (Å²) in [5.74, 6) is 1.81. The molecule has 1 aromatic carbocycles. The molecule has 120 valence electrons. The maximum atomic E-state index is 9.37. The fourth-order valence-electron chi connectivity index (χ4n) is 1.94. The molecule has 5 heteroatoms. The van der Waals surface area contributed by atoms with Crippen molar-refractivity contribution in [2.75, 3.05) is 13.7 Å². The summed E-state index contributed by atoms with van der Waals surface area (Å²) in [5, 5.41) is 12.0. The lowest BCUT2D eigenvalue weighted by molar-refractivity contribution is 0.257. The molecule has 0 bridgehead atoms. The van der Waals surface area contributed by atoms with Gasteiger partial charge in [-0.25, -0.2) is 4.98 Å². The zero-order valence-electron chi connectivity index (χ0n) is 13.8. The van der Waals surface area contributed by atoms with Gasteiger partial charge in [0.25, 0.3) is 0 Å². The molecule has 0 spiro atoms. The Bertz CT molecular complexity index is 742. The van der Waals surface area contributed by atoms with Crippen molar-refractivity contribution in [1.82, 2.24) is 4.98 Å². The number of aromatic nitrogens is 1. The van der Waals surface area contributed by atoms with Crippen LogP contribution in [0.1, 0.15) is 30.1 Å². The summed E-state index contributed by atoms with van der Waals surface area (Å²) in [6.07, 6.45) is 1.81. The molecule has 0 saturated heterocycles. The van der Waals surface area contributed by atoms with E-state index in [-0.39, 0.29) is 0 Å². The first-order valence-corrected chi connectivity index (χ1v) is 8.26. The topological polar surface area (TPSA) is 55.1 Å². The SMILES string of the molecule is COc1cc(C=C(C#N)c2nc(C)cs2)ccc1OCC(C)C. The summed E-state index contributed by atoms with van der Waals surface area (Å²) < 4.78 is 11.1. The van der Waals surface area contributed by atoms with Gasteiger partial charge in [0.05, 0.1) is 19.3 Å². The smallest absolute Gasteiger partial charge is 0.161 e. The maximum Gasteiger partial charge on any atom is 0.161 e. The molecule has 2 rings (SSSR count). The molecule has 1 heterocycles. The fourth-order valence-corrected chi connectivity index (χ4v) is 2.70. The number of nitrogens with zero attached hydrogens (tertiary/aromatic N) is 2. The van der Waals surface area contributed by atoms with Gasteiger partial charge in [0.2, 0.25) is 0 Å². The van der Waals surface area contributed by atoms with Crippen LogP contribution in [0.2, 0.25) is 0 Å². The molecule has 0 N–H and O–H groups in total. The number of hydrogen-bond acceptors (Lipinski definition) is 5. The van der Waals surface area contributed by atoms with Gasteiger partial charge in [0.1, 0.15) is 11.1 Å². The molecule has 4 nitrogen and oxygen atoms in total. The normalized spacial score (nSPS) is 11.4. The quantitative estimate of drug-likeness (QED) is 0.729. The summed E-state index contributed by atoms with van der Waals surface area (Å²) >= 11 is 1.47. The average Bonchev–Trinajstić information content (AvgIpc) is 2.97. The van der Waals surface area contributed by atoms with Crippen molar-refractivity contribution in [3.05, 3.63) is 39.8 Å². The van der Waals surface area contributed by atoms with Crippen molar-refractivity contribution >= 4 is 23.0 Å². The van der Waals surface area contributed by atoms with E-state index in [4.69, 9.17) is 9.47 Å². The van der Waals surface area contributed by atoms with Gasteiger partial charge in [-0.3, -0.25) is 0 Å². The van der Waals surface area contributed by atoms with Crippen LogP contribution in [0.3, 0.4) is 0 Å². The first kappa shape index (κ1) is 17.0. The number of rotatable bonds is 6. The summed E-state index contributed by atoms with van der Waals surface area (Å²) in [7, 11) is 1.61. The van der Waals surface area contributed by atoms with Gasteiger partial charge < -0.3 is 9.47 Å². The Hall–Kier alpha value is -2.32. The highest BCUT2D eigenvalue weighted by Crippen LogP contribution is 2.30. The lowest BCUT2D eigenvalue weighted by Crippen LogP contribution is -2.05. The molecule has 0 unspecified atom stereocenters. The molecule has 0 fully saturated rings. The van der Waals surface area contributed by atoms with Crippen LogP contribution in [0.15, 0.2) is 23.6 Å². The second kappa shape index (κ2) is 7.80. The van der Waals surface area contributed by atoms with Gasteiger partial charge in [-0.2, -0.15) is 5.26 Å². The maximum absolute atomic E-state index is 9.37. The highest BCUT2D eigenvalue weighted by Gasteiger charge is 2.09. The van der Waals surface area contributed by atoms with Crippen molar-refractivity contribution in [3.63, 3.8) is 0 Å². The Morgan fingerprint density at radius 2 is 2.17 bits per heavy atom. The first-order valence-electron chi connectivity index (χ1n) is 7.38. The number of thiazole rings is 1. The molecule has 0 aliphatic heterocycles. The molecule has 0 atom stereocenters. The Labute approximate surface area is 141 Å². The van der Waals surface area contributed by atoms with Crippen LogP contribution in [-0.2, 0) is 0 Å². The first-order chi connectivity index (χ1) is 11.0. The van der Waals surface area contributed by atoms with E-state index >= 15 is 0 Å². The molecule has 23 heavy (non-hydrogen) atoms. The average molecular weight is 328 g/mol. The van der Waals surface area contributed by atoms with Crippen molar-refractivity contribution in [1.29, 1.82) is 5.26 Å². The van der Waals surface area contributed by atoms with Gasteiger partial charge >= 0.3 is 0 Å². The zero-order valence-corrected chi connectivity index (χ0v) is 14.6. The van der Waals surface area contributed by atoms with Crippen LogP contribution in [0.25, 0.3) is 11.6 Å². The second-order valence-corrected chi connectivity index (χ2v) is 6.44. The van der Waals surface area contributed by atoms with E-state index in [1.54, 1.807) is 7.11 Å². The summed E-state index contributed by atoms with van der Waals surface area (Å²) in [5.41, 5.74) is 2.34. The van der Waals surface area contributed by atoms with Crippen molar-refractivity contribution in [2.45, 2.75) is 20.8 Å². The molecule has 0 amide bonds. The monoisotopic (exact) mass is 328 g/mol. The third kappa shape index (κ3) is 4.57. The number of allylic oxidation sites excluding steroid dienone is 1. The van der Waals surface area contributed by atoms with Crippen LogP contribution in [-0.4, -0.2) is 18.7 Å². The second-order valence-electron chi connectivity index (χ2n) is 5.58. The van der Waals surface area contributed by atoms with Crippen molar-refractivity contribution in [3.8, 4) is 17.6 Å². The summed E-state index contributed by atoms with van der Waals surface area (Å²) in [6, 6.07) is 7.86. The molecule has 0 saturated carbocycles. The van der Waals surface area contributed by atoms with Gasteiger partial charge in [0, 0.05) is 11.1 Å². The van der Waals surface area contributed by atoms with Gasteiger partial charge in [-0.05, 0) is 36.6 Å². The molecule has 1 aromatic heterocycles. The Kier molecular flexibility index (Phi) is 5.78. The Morgan fingerprint density at radius 3 is 2.74 bits per heavy atom. The van der Waals surface area contributed by atoms with E-state index in [2.05, 4.69) is 24.9 Å². The predicted molar refractivity (Wildman–Crippen MR) is 93.7 cm³/mol.